The van der Waals surface area contributed by atoms with E-state index in [-0.39, 0.29) is 0 Å². The molecule has 1 aliphatic rings. The summed E-state index contributed by atoms with van der Waals surface area (Å²) >= 11 is 0. The molecule has 0 aromatic carbocycles. The molecule has 0 spiro atoms. The third-order valence-electron chi connectivity index (χ3n) is 3.24. The number of allylic oxidation sites excluding steroid dienone is 1. The van der Waals surface area contributed by atoms with Crippen molar-refractivity contribution in [2.24, 2.45) is 0 Å². The average molecular weight is 196 g/mol. The van der Waals surface area contributed by atoms with Gasteiger partial charge < -0.3 is 0 Å². The highest BCUT2D eigenvalue weighted by Crippen LogP contribution is 2.29. The summed E-state index contributed by atoms with van der Waals surface area (Å²) in [6.07, 6.45) is 11.0. The normalized spacial score (nSPS) is 22.3. The molecule has 0 aromatic heterocycles. The van der Waals surface area contributed by atoms with Crippen LogP contribution in [0.15, 0.2) is 11.8 Å². The molecule has 1 saturated heterocycles. The summed E-state index contributed by atoms with van der Waals surface area (Å²) in [5.74, 6) is 0. The van der Waals surface area contributed by atoms with Gasteiger partial charge in [0.25, 0.3) is 0 Å². The van der Waals surface area contributed by atoms with Gasteiger partial charge in [-0.3, -0.25) is 0 Å². The Morgan fingerprint density at radius 2 is 1.85 bits per heavy atom. The number of hydrogen-bond donors (Lipinski definition) is 0. The zero-order chi connectivity index (χ0) is 9.57. The Labute approximate surface area is 84.4 Å². The quantitative estimate of drug-likeness (QED) is 0.457. The molecule has 0 radical (unpaired) electrons. The summed E-state index contributed by atoms with van der Waals surface area (Å²) < 4.78 is 0. The highest BCUT2D eigenvalue weighted by molar-refractivity contribution is 6.83. The summed E-state index contributed by atoms with van der Waals surface area (Å²) in [7, 11) is -0.867. The van der Waals surface area contributed by atoms with Crippen LogP contribution in [0.3, 0.4) is 0 Å². The average Bonchev–Trinajstić information content (AvgIpc) is 2.14. The predicted octanol–water partition coefficient (Wildman–Crippen LogP) is 4.53. The van der Waals surface area contributed by atoms with Gasteiger partial charge in [0.15, 0.2) is 0 Å². The third kappa shape index (κ3) is 4.12. The standard InChI is InChI=1S/C12H24Si/c1-3-4-5-7-10-13(2)11-8-6-9-12-13/h7,10H,3-6,8-9,11-12H2,1-2H3. The van der Waals surface area contributed by atoms with Crippen molar-refractivity contribution >= 4 is 8.07 Å². The lowest BCUT2D eigenvalue weighted by Crippen LogP contribution is -2.29. The van der Waals surface area contributed by atoms with Crippen LogP contribution in [0.1, 0.15) is 45.4 Å². The number of rotatable bonds is 4. The van der Waals surface area contributed by atoms with Crippen LogP contribution in [0.5, 0.6) is 0 Å². The first-order valence-electron chi connectivity index (χ1n) is 5.94. The van der Waals surface area contributed by atoms with Crippen LogP contribution in [0.2, 0.25) is 18.6 Å². The van der Waals surface area contributed by atoms with Crippen LogP contribution in [-0.4, -0.2) is 8.07 Å². The van der Waals surface area contributed by atoms with Crippen molar-refractivity contribution in [3.8, 4) is 0 Å². The molecule has 0 saturated carbocycles. The maximum Gasteiger partial charge on any atom is 0.0743 e. The lowest BCUT2D eigenvalue weighted by Gasteiger charge is -2.28. The first-order valence-corrected chi connectivity index (χ1v) is 8.94. The van der Waals surface area contributed by atoms with Crippen molar-refractivity contribution in [3.63, 3.8) is 0 Å². The minimum absolute atomic E-state index is 0.867. The summed E-state index contributed by atoms with van der Waals surface area (Å²) in [6, 6.07) is 3.10. The van der Waals surface area contributed by atoms with Crippen molar-refractivity contribution in [1.82, 2.24) is 0 Å². The predicted molar refractivity (Wildman–Crippen MR) is 63.7 cm³/mol. The number of hydrogen-bond acceptors (Lipinski definition) is 0. The van der Waals surface area contributed by atoms with E-state index in [4.69, 9.17) is 0 Å². The van der Waals surface area contributed by atoms with Crippen molar-refractivity contribution in [2.75, 3.05) is 0 Å². The van der Waals surface area contributed by atoms with E-state index < -0.39 is 8.07 Å². The van der Waals surface area contributed by atoms with Gasteiger partial charge in [0.2, 0.25) is 0 Å². The van der Waals surface area contributed by atoms with Crippen LogP contribution < -0.4 is 0 Å². The molecule has 1 aliphatic heterocycles. The molecule has 0 atom stereocenters. The smallest absolute Gasteiger partial charge is 0.0743 e. The van der Waals surface area contributed by atoms with E-state index in [0.717, 1.165) is 0 Å². The largest absolute Gasteiger partial charge is 0.0984 e. The van der Waals surface area contributed by atoms with Gasteiger partial charge in [0, 0.05) is 0 Å². The van der Waals surface area contributed by atoms with E-state index in [2.05, 4.69) is 25.2 Å². The van der Waals surface area contributed by atoms with Crippen LogP contribution in [0.4, 0.5) is 0 Å². The van der Waals surface area contributed by atoms with E-state index >= 15 is 0 Å². The minimum Gasteiger partial charge on any atom is -0.0984 e. The Bertz CT molecular complexity index is 155. The maximum absolute atomic E-state index is 2.63. The van der Waals surface area contributed by atoms with Gasteiger partial charge in [-0.1, -0.05) is 69.4 Å². The van der Waals surface area contributed by atoms with Gasteiger partial charge in [0.05, 0.1) is 8.07 Å². The van der Waals surface area contributed by atoms with Gasteiger partial charge >= 0.3 is 0 Å². The zero-order valence-corrected chi connectivity index (χ0v) is 10.3. The van der Waals surface area contributed by atoms with Gasteiger partial charge in [-0.2, -0.15) is 0 Å². The van der Waals surface area contributed by atoms with E-state index in [0.29, 0.717) is 0 Å². The molecule has 0 bridgehead atoms. The Morgan fingerprint density at radius 1 is 1.15 bits per heavy atom. The Morgan fingerprint density at radius 3 is 2.46 bits per heavy atom. The van der Waals surface area contributed by atoms with E-state index in [1.54, 1.807) is 12.1 Å². The fraction of sp³-hybridized carbons (Fsp3) is 0.833. The first-order chi connectivity index (χ1) is 6.27. The lowest BCUT2D eigenvalue weighted by atomic mass is 10.2. The summed E-state index contributed by atoms with van der Waals surface area (Å²) in [5.41, 5.74) is 2.63. The lowest BCUT2D eigenvalue weighted by molar-refractivity contribution is 0.716. The Kier molecular flexibility index (Phi) is 4.79. The third-order valence-corrected chi connectivity index (χ3v) is 7.27. The minimum atomic E-state index is -0.867. The van der Waals surface area contributed by atoms with Gasteiger partial charge in [-0.05, 0) is 6.42 Å². The fourth-order valence-corrected chi connectivity index (χ4v) is 5.65. The monoisotopic (exact) mass is 196 g/mol. The zero-order valence-electron chi connectivity index (χ0n) is 9.31. The highest BCUT2D eigenvalue weighted by Gasteiger charge is 2.25. The molecular formula is C12H24Si. The van der Waals surface area contributed by atoms with Crippen molar-refractivity contribution in [2.45, 2.75) is 64.1 Å². The maximum atomic E-state index is 2.63. The molecule has 13 heavy (non-hydrogen) atoms. The molecule has 76 valence electrons. The molecule has 0 N–H and O–H groups in total. The molecule has 1 heteroatoms. The Balaban J connectivity index is 2.27. The molecule has 0 amide bonds. The number of unbranched alkanes of at least 4 members (excludes halogenated alkanes) is 2. The second kappa shape index (κ2) is 5.64. The van der Waals surface area contributed by atoms with Gasteiger partial charge in [-0.25, -0.2) is 0 Å². The van der Waals surface area contributed by atoms with Crippen LogP contribution in [0.25, 0.3) is 0 Å². The summed E-state index contributed by atoms with van der Waals surface area (Å²) in [4.78, 5) is 0. The van der Waals surface area contributed by atoms with Crippen LogP contribution in [0, 0.1) is 0 Å². The van der Waals surface area contributed by atoms with Crippen LogP contribution >= 0.6 is 0 Å². The fourth-order valence-electron chi connectivity index (χ4n) is 2.22. The molecule has 0 unspecified atom stereocenters. The molecule has 0 aliphatic carbocycles. The second-order valence-corrected chi connectivity index (χ2v) is 9.40. The van der Waals surface area contributed by atoms with Crippen LogP contribution in [-0.2, 0) is 0 Å². The SMILES string of the molecule is CCCCC=C[Si]1(C)CCCCC1. The summed E-state index contributed by atoms with van der Waals surface area (Å²) in [5, 5.41) is 0. The van der Waals surface area contributed by atoms with E-state index in [1.165, 1.54) is 38.5 Å². The highest BCUT2D eigenvalue weighted by atomic mass is 28.3. The second-order valence-electron chi connectivity index (χ2n) is 4.76. The molecule has 1 fully saturated rings. The van der Waals surface area contributed by atoms with E-state index in [9.17, 15) is 0 Å². The molecular weight excluding hydrogens is 172 g/mol. The van der Waals surface area contributed by atoms with Crippen molar-refractivity contribution in [1.29, 1.82) is 0 Å². The van der Waals surface area contributed by atoms with E-state index in [1.807, 2.05) is 0 Å². The molecule has 1 rings (SSSR count). The topological polar surface area (TPSA) is 0 Å². The molecule has 0 nitrogen and oxygen atoms in total. The first kappa shape index (κ1) is 11.0. The molecule has 1 heterocycles. The Hall–Kier alpha value is -0.0431. The summed E-state index contributed by atoms with van der Waals surface area (Å²) in [6.45, 7) is 4.84. The van der Waals surface area contributed by atoms with Gasteiger partial charge in [0.1, 0.15) is 0 Å². The van der Waals surface area contributed by atoms with Crippen molar-refractivity contribution < 1.29 is 0 Å². The van der Waals surface area contributed by atoms with Crippen molar-refractivity contribution in [3.05, 3.63) is 11.8 Å². The van der Waals surface area contributed by atoms with Gasteiger partial charge in [-0.15, -0.1) is 0 Å². The molecule has 0 aromatic rings.